The summed E-state index contributed by atoms with van der Waals surface area (Å²) in [7, 11) is 0. The van der Waals surface area contributed by atoms with Crippen molar-refractivity contribution in [1.82, 2.24) is 25.2 Å². The van der Waals surface area contributed by atoms with E-state index < -0.39 is 0 Å². The molecule has 0 saturated carbocycles. The molecule has 0 aliphatic carbocycles. The van der Waals surface area contributed by atoms with Crippen LogP contribution in [0.2, 0.25) is 0 Å². The van der Waals surface area contributed by atoms with E-state index in [2.05, 4.69) is 20.5 Å². The number of hydrogen-bond donors (Lipinski definition) is 0. The molecule has 3 aromatic rings. The second kappa shape index (κ2) is 4.79. The van der Waals surface area contributed by atoms with E-state index in [0.29, 0.717) is 16.4 Å². The van der Waals surface area contributed by atoms with Crippen molar-refractivity contribution in [3.63, 3.8) is 0 Å². The Balaban J connectivity index is 2.21. The first-order valence-electron chi connectivity index (χ1n) is 5.61. The summed E-state index contributed by atoms with van der Waals surface area (Å²) < 4.78 is 14.5. The first-order chi connectivity index (χ1) is 9.69. The molecule has 0 aliphatic heterocycles. The Morgan fingerprint density at radius 2 is 1.95 bits per heavy atom. The van der Waals surface area contributed by atoms with E-state index in [1.54, 1.807) is 12.1 Å². The molecule has 2 heterocycles. The fourth-order valence-electron chi connectivity index (χ4n) is 1.73. The maximum atomic E-state index is 13.0. The van der Waals surface area contributed by atoms with Crippen molar-refractivity contribution in [1.29, 1.82) is 5.26 Å². The molecule has 1 aromatic carbocycles. The summed E-state index contributed by atoms with van der Waals surface area (Å²) in [5.74, 6) is -0.349. The number of aryl methyl sites for hydroxylation is 1. The molecule has 0 fully saturated rings. The van der Waals surface area contributed by atoms with Gasteiger partial charge in [-0.1, -0.05) is 16.6 Å². The highest BCUT2D eigenvalue weighted by molar-refractivity contribution is 7.13. The molecule has 20 heavy (non-hydrogen) atoms. The van der Waals surface area contributed by atoms with Crippen LogP contribution >= 0.6 is 11.3 Å². The van der Waals surface area contributed by atoms with E-state index in [9.17, 15) is 4.39 Å². The fraction of sp³-hybridized carbons (Fsp3) is 0.0833. The highest BCUT2D eigenvalue weighted by Gasteiger charge is 2.18. The van der Waals surface area contributed by atoms with Gasteiger partial charge >= 0.3 is 0 Å². The molecule has 2 aromatic heterocycles. The molecular weight excluding hydrogens is 279 g/mol. The van der Waals surface area contributed by atoms with Gasteiger partial charge in [0.1, 0.15) is 22.6 Å². The molecule has 0 saturated heterocycles. The zero-order valence-corrected chi connectivity index (χ0v) is 11.1. The zero-order valence-electron chi connectivity index (χ0n) is 10.3. The molecule has 0 unspecified atom stereocenters. The number of aromatic nitrogens is 5. The Labute approximate surface area is 117 Å². The molecule has 0 spiro atoms. The van der Waals surface area contributed by atoms with Crippen molar-refractivity contribution in [3.8, 4) is 22.5 Å². The van der Waals surface area contributed by atoms with Gasteiger partial charge < -0.3 is 0 Å². The Bertz CT molecular complexity index is 798. The van der Waals surface area contributed by atoms with Gasteiger partial charge in [0.2, 0.25) is 5.13 Å². The van der Waals surface area contributed by atoms with Gasteiger partial charge in [-0.15, -0.1) is 15.3 Å². The van der Waals surface area contributed by atoms with Crippen LogP contribution in [0.1, 0.15) is 10.7 Å². The van der Waals surface area contributed by atoms with E-state index in [4.69, 9.17) is 5.26 Å². The van der Waals surface area contributed by atoms with Gasteiger partial charge in [-0.2, -0.15) is 9.94 Å². The molecule has 3 rings (SSSR count). The minimum atomic E-state index is -0.349. The van der Waals surface area contributed by atoms with Gasteiger partial charge in [0.25, 0.3) is 0 Å². The van der Waals surface area contributed by atoms with Gasteiger partial charge in [0.05, 0.1) is 0 Å². The number of rotatable bonds is 2. The fourth-order valence-corrected chi connectivity index (χ4v) is 2.37. The van der Waals surface area contributed by atoms with Crippen molar-refractivity contribution >= 4 is 11.3 Å². The molecule has 0 atom stereocenters. The lowest BCUT2D eigenvalue weighted by molar-refractivity contribution is 0.628. The second-order valence-electron chi connectivity index (χ2n) is 3.92. The monoisotopic (exact) mass is 286 g/mol. The molecule has 0 N–H and O–H groups in total. The lowest BCUT2D eigenvalue weighted by atomic mass is 10.1. The summed E-state index contributed by atoms with van der Waals surface area (Å²) in [6.07, 6.45) is 0. The first kappa shape index (κ1) is 12.4. The minimum Gasteiger partial charge on any atom is -0.207 e. The predicted octanol–water partition coefficient (Wildman–Crippen LogP) is 2.10. The molecule has 0 amide bonds. The summed E-state index contributed by atoms with van der Waals surface area (Å²) in [4.78, 5) is 0. The Kier molecular flexibility index (Phi) is 2.96. The van der Waals surface area contributed by atoms with Crippen LogP contribution in [0.15, 0.2) is 24.3 Å². The summed E-state index contributed by atoms with van der Waals surface area (Å²) in [6.45, 7) is 1.82. The third-order valence-electron chi connectivity index (χ3n) is 2.59. The van der Waals surface area contributed by atoms with Crippen LogP contribution in [0.25, 0.3) is 16.4 Å². The quantitative estimate of drug-likeness (QED) is 0.720. The lowest BCUT2D eigenvalue weighted by Gasteiger charge is -2.02. The molecule has 0 bridgehead atoms. The van der Waals surface area contributed by atoms with E-state index in [0.717, 1.165) is 5.01 Å². The summed E-state index contributed by atoms with van der Waals surface area (Å²) in [6, 6.07) is 7.75. The number of nitriles is 1. The highest BCUT2D eigenvalue weighted by Crippen LogP contribution is 2.26. The summed E-state index contributed by atoms with van der Waals surface area (Å²) >= 11 is 1.33. The van der Waals surface area contributed by atoms with E-state index in [-0.39, 0.29) is 11.5 Å². The Morgan fingerprint density at radius 3 is 2.55 bits per heavy atom. The highest BCUT2D eigenvalue weighted by atomic mass is 32.1. The second-order valence-corrected chi connectivity index (χ2v) is 5.08. The minimum absolute atomic E-state index is 0.157. The predicted molar refractivity (Wildman–Crippen MR) is 69.7 cm³/mol. The van der Waals surface area contributed by atoms with Gasteiger partial charge in [-0.25, -0.2) is 4.39 Å². The van der Waals surface area contributed by atoms with Crippen LogP contribution in [-0.4, -0.2) is 25.2 Å². The third-order valence-corrected chi connectivity index (χ3v) is 3.40. The molecular formula is C12H7FN6S. The average Bonchev–Trinajstić information content (AvgIpc) is 3.05. The molecule has 0 radical (unpaired) electrons. The van der Waals surface area contributed by atoms with Crippen LogP contribution in [0.4, 0.5) is 4.39 Å². The third kappa shape index (κ3) is 2.04. The standard InChI is InChI=1S/C12H7FN6S/c1-7-15-17-12(20-7)19-11(10(6-14)16-18-19)8-2-4-9(13)5-3-8/h2-5H,1H3. The van der Waals surface area contributed by atoms with Crippen molar-refractivity contribution in [2.45, 2.75) is 6.92 Å². The van der Waals surface area contributed by atoms with Crippen LogP contribution in [0.3, 0.4) is 0 Å². The Morgan fingerprint density at radius 1 is 1.20 bits per heavy atom. The van der Waals surface area contributed by atoms with Crippen molar-refractivity contribution < 1.29 is 4.39 Å². The van der Waals surface area contributed by atoms with E-state index in [1.807, 2.05) is 13.0 Å². The van der Waals surface area contributed by atoms with Crippen molar-refractivity contribution in [2.24, 2.45) is 0 Å². The van der Waals surface area contributed by atoms with Crippen LogP contribution in [-0.2, 0) is 0 Å². The molecule has 0 aliphatic rings. The smallest absolute Gasteiger partial charge is 0.207 e. The number of hydrogen-bond acceptors (Lipinski definition) is 6. The van der Waals surface area contributed by atoms with Gasteiger partial charge in [-0.3, -0.25) is 0 Å². The average molecular weight is 286 g/mol. The lowest BCUT2D eigenvalue weighted by Crippen LogP contribution is -1.99. The van der Waals surface area contributed by atoms with Gasteiger partial charge in [0, 0.05) is 5.56 Å². The number of nitrogens with zero attached hydrogens (tertiary/aromatic N) is 6. The zero-order chi connectivity index (χ0) is 14.1. The molecule has 6 nitrogen and oxygen atoms in total. The Hall–Kier alpha value is -2.66. The first-order valence-corrected chi connectivity index (χ1v) is 6.43. The van der Waals surface area contributed by atoms with Crippen LogP contribution in [0.5, 0.6) is 0 Å². The maximum absolute atomic E-state index is 13.0. The SMILES string of the molecule is Cc1nnc(-n2nnc(C#N)c2-c2ccc(F)cc2)s1. The van der Waals surface area contributed by atoms with E-state index >= 15 is 0 Å². The maximum Gasteiger partial charge on any atom is 0.234 e. The van der Waals surface area contributed by atoms with Crippen LogP contribution < -0.4 is 0 Å². The summed E-state index contributed by atoms with van der Waals surface area (Å²) in [5.41, 5.74) is 1.27. The van der Waals surface area contributed by atoms with E-state index in [1.165, 1.54) is 28.2 Å². The largest absolute Gasteiger partial charge is 0.234 e. The molecule has 98 valence electrons. The number of benzene rings is 1. The van der Waals surface area contributed by atoms with Crippen molar-refractivity contribution in [2.75, 3.05) is 0 Å². The normalized spacial score (nSPS) is 10.4. The van der Waals surface area contributed by atoms with Crippen LogP contribution in [0, 0.1) is 24.1 Å². The molecule has 8 heteroatoms. The van der Waals surface area contributed by atoms with Gasteiger partial charge in [0.15, 0.2) is 5.69 Å². The van der Waals surface area contributed by atoms with Crippen molar-refractivity contribution in [3.05, 3.63) is 40.8 Å². The summed E-state index contributed by atoms with van der Waals surface area (Å²) in [5, 5.41) is 26.1. The van der Waals surface area contributed by atoms with Gasteiger partial charge in [-0.05, 0) is 31.2 Å². The topological polar surface area (TPSA) is 80.3 Å². The number of halogens is 1.